The highest BCUT2D eigenvalue weighted by molar-refractivity contribution is 9.10. The molecule has 3 aromatic rings. The lowest BCUT2D eigenvalue weighted by Crippen LogP contribution is -1.98. The number of anilines is 4. The highest BCUT2D eigenvalue weighted by Crippen LogP contribution is 2.23. The lowest BCUT2D eigenvalue weighted by atomic mass is 10.2. The van der Waals surface area contributed by atoms with Gasteiger partial charge in [-0.25, -0.2) is 9.97 Å². The summed E-state index contributed by atoms with van der Waals surface area (Å²) in [5.74, 6) is 1.50. The number of hydrogen-bond donors (Lipinski definition) is 2. The van der Waals surface area contributed by atoms with E-state index >= 15 is 0 Å². The molecule has 4 nitrogen and oxygen atoms in total. The molecule has 0 saturated carbocycles. The van der Waals surface area contributed by atoms with Crippen LogP contribution in [0.2, 0.25) is 0 Å². The number of aryl methyl sites for hydroxylation is 2. The fraction of sp³-hybridized carbons (Fsp3) is 0.111. The van der Waals surface area contributed by atoms with Crippen molar-refractivity contribution in [3.05, 3.63) is 70.5 Å². The first-order valence-corrected chi connectivity index (χ1v) is 8.08. The molecule has 0 spiro atoms. The number of nitrogens with one attached hydrogen (secondary N) is 2. The molecular weight excluding hydrogens is 352 g/mol. The normalized spacial score (nSPS) is 10.4. The number of halogens is 1. The number of benzene rings is 2. The van der Waals surface area contributed by atoms with Crippen molar-refractivity contribution >= 4 is 38.9 Å². The van der Waals surface area contributed by atoms with E-state index in [0.717, 1.165) is 27.5 Å². The van der Waals surface area contributed by atoms with Crippen LogP contribution in [0.1, 0.15) is 11.1 Å². The molecule has 0 aliphatic heterocycles. The summed E-state index contributed by atoms with van der Waals surface area (Å²) in [6.07, 6.45) is 1.55. The SMILES string of the molecule is Cc1ccc(Nc2cc(Nc3ccc(Br)c(C)c3)ncn2)cc1. The zero-order valence-corrected chi connectivity index (χ0v) is 14.6. The molecule has 0 bridgehead atoms. The summed E-state index contributed by atoms with van der Waals surface area (Å²) >= 11 is 3.51. The van der Waals surface area contributed by atoms with Gasteiger partial charge in [-0.2, -0.15) is 0 Å². The van der Waals surface area contributed by atoms with Gasteiger partial charge in [0.1, 0.15) is 18.0 Å². The average Bonchev–Trinajstić information content (AvgIpc) is 2.54. The van der Waals surface area contributed by atoms with Gasteiger partial charge in [0, 0.05) is 21.9 Å². The van der Waals surface area contributed by atoms with Crippen LogP contribution >= 0.6 is 15.9 Å². The van der Waals surface area contributed by atoms with E-state index in [1.165, 1.54) is 11.1 Å². The molecule has 23 heavy (non-hydrogen) atoms. The van der Waals surface area contributed by atoms with Crippen molar-refractivity contribution in [3.8, 4) is 0 Å². The van der Waals surface area contributed by atoms with Crippen LogP contribution in [0.5, 0.6) is 0 Å². The summed E-state index contributed by atoms with van der Waals surface area (Å²) in [7, 11) is 0. The zero-order chi connectivity index (χ0) is 16.2. The van der Waals surface area contributed by atoms with Crippen LogP contribution in [0.4, 0.5) is 23.0 Å². The zero-order valence-electron chi connectivity index (χ0n) is 13.0. The highest BCUT2D eigenvalue weighted by atomic mass is 79.9. The van der Waals surface area contributed by atoms with Gasteiger partial charge in [0.05, 0.1) is 0 Å². The molecule has 1 heterocycles. The Hall–Kier alpha value is -2.40. The number of rotatable bonds is 4. The lowest BCUT2D eigenvalue weighted by molar-refractivity contribution is 1.17. The second kappa shape index (κ2) is 6.79. The Labute approximate surface area is 144 Å². The molecule has 0 atom stereocenters. The van der Waals surface area contributed by atoms with Gasteiger partial charge in [0.2, 0.25) is 0 Å². The van der Waals surface area contributed by atoms with Crippen LogP contribution in [-0.4, -0.2) is 9.97 Å². The number of hydrogen-bond acceptors (Lipinski definition) is 4. The summed E-state index contributed by atoms with van der Waals surface area (Å²) in [4.78, 5) is 8.53. The maximum absolute atomic E-state index is 4.27. The second-order valence-corrected chi connectivity index (χ2v) is 6.22. The highest BCUT2D eigenvalue weighted by Gasteiger charge is 2.02. The Bertz CT molecular complexity index is 816. The summed E-state index contributed by atoms with van der Waals surface area (Å²) in [5.41, 5.74) is 4.39. The predicted molar refractivity (Wildman–Crippen MR) is 98.7 cm³/mol. The van der Waals surface area contributed by atoms with Gasteiger partial charge in [0.15, 0.2) is 0 Å². The molecule has 0 amide bonds. The lowest BCUT2D eigenvalue weighted by Gasteiger charge is -2.10. The van der Waals surface area contributed by atoms with Gasteiger partial charge in [0.25, 0.3) is 0 Å². The largest absolute Gasteiger partial charge is 0.340 e. The second-order valence-electron chi connectivity index (χ2n) is 5.37. The van der Waals surface area contributed by atoms with Gasteiger partial charge in [-0.05, 0) is 49.7 Å². The molecule has 0 aliphatic rings. The minimum Gasteiger partial charge on any atom is -0.340 e. The van der Waals surface area contributed by atoms with Crippen molar-refractivity contribution in [3.63, 3.8) is 0 Å². The fourth-order valence-corrected chi connectivity index (χ4v) is 2.40. The fourth-order valence-electron chi connectivity index (χ4n) is 2.15. The van der Waals surface area contributed by atoms with Crippen LogP contribution in [0, 0.1) is 13.8 Å². The molecule has 3 rings (SSSR count). The van der Waals surface area contributed by atoms with Crippen LogP contribution in [-0.2, 0) is 0 Å². The van der Waals surface area contributed by atoms with E-state index < -0.39 is 0 Å². The summed E-state index contributed by atoms with van der Waals surface area (Å²) in [6.45, 7) is 4.12. The third-order valence-corrected chi connectivity index (χ3v) is 4.31. The molecule has 0 aliphatic carbocycles. The molecule has 116 valence electrons. The van der Waals surface area contributed by atoms with Crippen molar-refractivity contribution in [2.75, 3.05) is 10.6 Å². The average molecular weight is 369 g/mol. The van der Waals surface area contributed by atoms with E-state index in [2.05, 4.69) is 68.6 Å². The van der Waals surface area contributed by atoms with Gasteiger partial charge < -0.3 is 10.6 Å². The summed E-state index contributed by atoms with van der Waals surface area (Å²) < 4.78 is 1.09. The maximum atomic E-state index is 4.27. The van der Waals surface area contributed by atoms with Crippen LogP contribution in [0.15, 0.2) is 59.3 Å². The number of aromatic nitrogens is 2. The molecule has 0 radical (unpaired) electrons. The molecule has 1 aromatic heterocycles. The monoisotopic (exact) mass is 368 g/mol. The quantitative estimate of drug-likeness (QED) is 0.652. The molecule has 0 unspecified atom stereocenters. The first kappa shape index (κ1) is 15.5. The molecular formula is C18H17BrN4. The first-order valence-electron chi connectivity index (χ1n) is 7.29. The molecule has 2 N–H and O–H groups in total. The van der Waals surface area contributed by atoms with Crippen LogP contribution < -0.4 is 10.6 Å². The minimum atomic E-state index is 0.747. The maximum Gasteiger partial charge on any atom is 0.135 e. The topological polar surface area (TPSA) is 49.8 Å². The molecule has 0 saturated heterocycles. The Kier molecular flexibility index (Phi) is 4.57. The third-order valence-electron chi connectivity index (χ3n) is 3.42. The van der Waals surface area contributed by atoms with E-state index in [4.69, 9.17) is 0 Å². The van der Waals surface area contributed by atoms with Crippen molar-refractivity contribution < 1.29 is 0 Å². The molecule has 0 fully saturated rings. The number of nitrogens with zero attached hydrogens (tertiary/aromatic N) is 2. The predicted octanol–water partition coefficient (Wildman–Crippen LogP) is 5.34. The minimum absolute atomic E-state index is 0.747. The van der Waals surface area contributed by atoms with E-state index in [1.54, 1.807) is 6.33 Å². The van der Waals surface area contributed by atoms with Crippen molar-refractivity contribution in [1.82, 2.24) is 9.97 Å². The summed E-state index contributed by atoms with van der Waals surface area (Å²) in [5, 5.41) is 6.57. The Morgan fingerprint density at radius 1 is 0.783 bits per heavy atom. The van der Waals surface area contributed by atoms with Gasteiger partial charge in [-0.15, -0.1) is 0 Å². The van der Waals surface area contributed by atoms with E-state index in [-0.39, 0.29) is 0 Å². The van der Waals surface area contributed by atoms with Gasteiger partial charge in [-0.3, -0.25) is 0 Å². The standard InChI is InChI=1S/C18H17BrN4/c1-12-3-5-14(6-4-12)22-17-10-18(21-11-20-17)23-15-7-8-16(19)13(2)9-15/h3-11H,1-2H3,(H2,20,21,22,23). The van der Waals surface area contributed by atoms with Crippen LogP contribution in [0.3, 0.4) is 0 Å². The molecule has 2 aromatic carbocycles. The van der Waals surface area contributed by atoms with Crippen molar-refractivity contribution in [1.29, 1.82) is 0 Å². The third kappa shape index (κ3) is 4.07. The molecule has 5 heteroatoms. The Morgan fingerprint density at radius 3 is 2.04 bits per heavy atom. The van der Waals surface area contributed by atoms with E-state index in [1.807, 2.05) is 30.3 Å². The van der Waals surface area contributed by atoms with Gasteiger partial charge in [-0.1, -0.05) is 33.6 Å². The van der Waals surface area contributed by atoms with E-state index in [9.17, 15) is 0 Å². The van der Waals surface area contributed by atoms with Crippen molar-refractivity contribution in [2.45, 2.75) is 13.8 Å². The van der Waals surface area contributed by atoms with Crippen molar-refractivity contribution in [2.24, 2.45) is 0 Å². The van der Waals surface area contributed by atoms with Gasteiger partial charge >= 0.3 is 0 Å². The first-order chi connectivity index (χ1) is 11.1. The Morgan fingerprint density at radius 2 is 1.39 bits per heavy atom. The smallest absolute Gasteiger partial charge is 0.135 e. The van der Waals surface area contributed by atoms with E-state index in [0.29, 0.717) is 0 Å². The summed E-state index contributed by atoms with van der Waals surface area (Å²) in [6, 6.07) is 16.2. The van der Waals surface area contributed by atoms with Crippen LogP contribution in [0.25, 0.3) is 0 Å². The Balaban J connectivity index is 1.76.